The first-order chi connectivity index (χ1) is 16.4. The monoisotopic (exact) mass is 500 g/mol. The van der Waals surface area contributed by atoms with Crippen LogP contribution in [0.1, 0.15) is 39.1 Å². The first-order valence-electron chi connectivity index (χ1n) is 10.7. The Morgan fingerprint density at radius 1 is 1.26 bits per heavy atom. The first-order valence-corrected chi connectivity index (χ1v) is 12.5. The molecule has 0 fully saturated rings. The summed E-state index contributed by atoms with van der Waals surface area (Å²) in [7, 11) is 1.32. The molecule has 3 aromatic rings. The molecule has 1 aromatic carbocycles. The highest BCUT2D eigenvalue weighted by Gasteiger charge is 2.19. The smallest absolute Gasteiger partial charge is 0.340 e. The van der Waals surface area contributed by atoms with Gasteiger partial charge in [0.2, 0.25) is 5.91 Å². The molecule has 8 nitrogen and oxygen atoms in total. The molecule has 3 rings (SSSR count). The maximum Gasteiger partial charge on any atom is 0.340 e. The minimum absolute atomic E-state index is 0.104. The van der Waals surface area contributed by atoms with Crippen LogP contribution in [-0.4, -0.2) is 39.5 Å². The number of amides is 1. The molecule has 0 aliphatic heterocycles. The van der Waals surface area contributed by atoms with E-state index in [4.69, 9.17) is 9.47 Å². The van der Waals surface area contributed by atoms with E-state index >= 15 is 0 Å². The summed E-state index contributed by atoms with van der Waals surface area (Å²) >= 11 is 2.63. The van der Waals surface area contributed by atoms with Crippen LogP contribution in [0.25, 0.3) is 0 Å². The Bertz CT molecular complexity index is 1190. The quantitative estimate of drug-likeness (QED) is 0.229. The fourth-order valence-electron chi connectivity index (χ4n) is 3.21. The molecule has 0 aliphatic rings. The molecule has 180 valence electrons. The lowest BCUT2D eigenvalue weighted by Gasteiger charge is -2.11. The number of rotatable bonds is 11. The van der Waals surface area contributed by atoms with E-state index in [0.29, 0.717) is 28.1 Å². The number of anilines is 1. The molecule has 34 heavy (non-hydrogen) atoms. The molecular formula is C24H28N4O4S2. The predicted octanol–water partition coefficient (Wildman–Crippen LogP) is 4.80. The fraction of sp³-hybridized carbons (Fsp3) is 0.333. The number of carbonyl (C=O) groups excluding carboxylic acids is 2. The number of allylic oxidation sites excluding steroid dienone is 1. The number of nitrogens with zero attached hydrogens (tertiary/aromatic N) is 3. The van der Waals surface area contributed by atoms with E-state index in [1.807, 2.05) is 37.5 Å². The van der Waals surface area contributed by atoms with Crippen molar-refractivity contribution in [3.63, 3.8) is 0 Å². The number of carbonyl (C=O) groups is 2. The number of benzene rings is 1. The average Bonchev–Trinajstić information content (AvgIpc) is 3.40. The number of thiophene rings is 1. The maximum atomic E-state index is 12.6. The van der Waals surface area contributed by atoms with E-state index in [-0.39, 0.29) is 18.3 Å². The van der Waals surface area contributed by atoms with Crippen LogP contribution in [0.2, 0.25) is 0 Å². The van der Waals surface area contributed by atoms with Crippen LogP contribution in [0.3, 0.4) is 0 Å². The Balaban J connectivity index is 1.66. The fourth-order valence-corrected chi connectivity index (χ4v) is 4.98. The minimum Gasteiger partial charge on any atom is -0.485 e. The van der Waals surface area contributed by atoms with Crippen LogP contribution < -0.4 is 10.1 Å². The lowest BCUT2D eigenvalue weighted by Crippen LogP contribution is -2.16. The molecule has 0 unspecified atom stereocenters. The molecule has 1 N–H and O–H groups in total. The van der Waals surface area contributed by atoms with E-state index in [1.165, 1.54) is 35.8 Å². The van der Waals surface area contributed by atoms with Crippen LogP contribution in [0.4, 0.5) is 5.00 Å². The number of thioether (sulfide) groups is 1. The van der Waals surface area contributed by atoms with E-state index < -0.39 is 5.97 Å². The van der Waals surface area contributed by atoms with Gasteiger partial charge in [0, 0.05) is 11.4 Å². The lowest BCUT2D eigenvalue weighted by molar-refractivity contribution is -0.113. The summed E-state index contributed by atoms with van der Waals surface area (Å²) in [5, 5.41) is 12.4. The molecule has 2 heterocycles. The zero-order valence-corrected chi connectivity index (χ0v) is 21.3. The summed E-state index contributed by atoms with van der Waals surface area (Å²) in [6, 6.07) is 7.75. The van der Waals surface area contributed by atoms with E-state index in [2.05, 4.69) is 28.2 Å². The maximum absolute atomic E-state index is 12.6. The Kier molecular flexibility index (Phi) is 8.89. The van der Waals surface area contributed by atoms with Crippen molar-refractivity contribution < 1.29 is 19.1 Å². The van der Waals surface area contributed by atoms with Crippen molar-refractivity contribution >= 4 is 40.0 Å². The van der Waals surface area contributed by atoms with E-state index in [0.717, 1.165) is 22.6 Å². The van der Waals surface area contributed by atoms with Gasteiger partial charge in [-0.15, -0.1) is 28.1 Å². The molecule has 0 saturated heterocycles. The summed E-state index contributed by atoms with van der Waals surface area (Å²) in [6.45, 7) is 10.6. The van der Waals surface area contributed by atoms with Crippen molar-refractivity contribution in [2.45, 2.75) is 45.5 Å². The summed E-state index contributed by atoms with van der Waals surface area (Å²) in [5.41, 5.74) is 2.58. The van der Waals surface area contributed by atoms with Crippen LogP contribution in [0.15, 0.2) is 42.1 Å². The Hall–Kier alpha value is -3.11. The van der Waals surface area contributed by atoms with Gasteiger partial charge in [0.15, 0.2) is 11.0 Å². The number of esters is 1. The van der Waals surface area contributed by atoms with E-state index in [9.17, 15) is 9.59 Å². The third-order valence-corrected chi connectivity index (χ3v) is 7.08. The molecule has 2 aromatic heterocycles. The largest absolute Gasteiger partial charge is 0.485 e. The normalized spacial score (nSPS) is 10.7. The second-order valence-corrected chi connectivity index (χ2v) is 9.57. The molecule has 0 bridgehead atoms. The number of aryl methyl sites for hydroxylation is 3. The topological polar surface area (TPSA) is 95.3 Å². The highest BCUT2D eigenvalue weighted by Crippen LogP contribution is 2.30. The highest BCUT2D eigenvalue weighted by atomic mass is 32.2. The lowest BCUT2D eigenvalue weighted by atomic mass is 10.1. The van der Waals surface area contributed by atoms with Crippen molar-refractivity contribution in [1.29, 1.82) is 0 Å². The number of nitrogens with one attached hydrogen (secondary N) is 1. The van der Waals surface area contributed by atoms with Crippen molar-refractivity contribution in [2.24, 2.45) is 0 Å². The zero-order valence-electron chi connectivity index (χ0n) is 19.7. The summed E-state index contributed by atoms with van der Waals surface area (Å²) in [6.07, 6.45) is 2.51. The van der Waals surface area contributed by atoms with Crippen LogP contribution in [0.5, 0.6) is 5.75 Å². The Labute approximate surface area is 207 Å². The molecule has 0 saturated carbocycles. The third-order valence-electron chi connectivity index (χ3n) is 4.91. The molecule has 10 heteroatoms. The van der Waals surface area contributed by atoms with Gasteiger partial charge >= 0.3 is 5.97 Å². The molecular weight excluding hydrogens is 472 g/mol. The van der Waals surface area contributed by atoms with Crippen LogP contribution in [0, 0.1) is 13.8 Å². The van der Waals surface area contributed by atoms with Crippen LogP contribution >= 0.6 is 23.1 Å². The van der Waals surface area contributed by atoms with Crippen molar-refractivity contribution in [3.8, 4) is 5.75 Å². The third kappa shape index (κ3) is 6.27. The average molecular weight is 501 g/mol. The van der Waals surface area contributed by atoms with Crippen molar-refractivity contribution in [2.75, 3.05) is 18.2 Å². The predicted molar refractivity (Wildman–Crippen MR) is 135 cm³/mol. The number of ether oxygens (including phenoxy) is 2. The molecule has 0 spiro atoms. The van der Waals surface area contributed by atoms with Gasteiger partial charge < -0.3 is 14.8 Å². The van der Waals surface area contributed by atoms with Gasteiger partial charge in [0.1, 0.15) is 17.4 Å². The standard InChI is InChI=1S/C24H28N4O4S2/c1-6-10-28-20(13-32-19-9-8-15(3)11-16(19)4)26-27-24(28)33-14-21(29)25-22-18(23(30)31-5)12-17(7-2)34-22/h6,8-9,11-12H,1,7,10,13-14H2,2-5H3,(H,25,29). The minimum atomic E-state index is -0.474. The Morgan fingerprint density at radius 2 is 2.06 bits per heavy atom. The number of hydrogen-bond donors (Lipinski definition) is 1. The first kappa shape index (κ1) is 25.5. The van der Waals surface area contributed by atoms with Gasteiger partial charge in [-0.1, -0.05) is 42.5 Å². The zero-order chi connectivity index (χ0) is 24.7. The second kappa shape index (κ2) is 11.8. The highest BCUT2D eigenvalue weighted by molar-refractivity contribution is 7.99. The SMILES string of the molecule is C=CCn1c(COc2ccc(C)cc2C)nnc1SCC(=O)Nc1sc(CC)cc1C(=O)OC. The van der Waals surface area contributed by atoms with Gasteiger partial charge in [0.25, 0.3) is 0 Å². The van der Waals surface area contributed by atoms with Crippen molar-refractivity contribution in [3.05, 3.63) is 64.3 Å². The van der Waals surface area contributed by atoms with Gasteiger partial charge in [-0.3, -0.25) is 9.36 Å². The molecule has 0 aliphatic carbocycles. The summed E-state index contributed by atoms with van der Waals surface area (Å²) in [4.78, 5) is 25.6. The molecule has 1 amide bonds. The van der Waals surface area contributed by atoms with Gasteiger partial charge in [-0.25, -0.2) is 4.79 Å². The number of aromatic nitrogens is 3. The van der Waals surface area contributed by atoms with Gasteiger partial charge in [0.05, 0.1) is 18.4 Å². The molecule has 0 radical (unpaired) electrons. The second-order valence-electron chi connectivity index (χ2n) is 7.49. The van der Waals surface area contributed by atoms with Crippen molar-refractivity contribution in [1.82, 2.24) is 14.8 Å². The van der Waals surface area contributed by atoms with Crippen LogP contribution in [-0.2, 0) is 29.1 Å². The van der Waals surface area contributed by atoms with Gasteiger partial charge in [-0.05, 0) is 38.0 Å². The Morgan fingerprint density at radius 3 is 2.74 bits per heavy atom. The number of methoxy groups -OCH3 is 1. The molecule has 0 atom stereocenters. The summed E-state index contributed by atoms with van der Waals surface area (Å²) in [5.74, 6) is 0.810. The summed E-state index contributed by atoms with van der Waals surface area (Å²) < 4.78 is 12.7. The number of hydrogen-bond acceptors (Lipinski definition) is 8. The van der Waals surface area contributed by atoms with E-state index in [1.54, 1.807) is 12.1 Å². The van der Waals surface area contributed by atoms with Gasteiger partial charge in [-0.2, -0.15) is 0 Å².